The molecule has 0 heterocycles. The van der Waals surface area contributed by atoms with Gasteiger partial charge in [0, 0.05) is 22.6 Å². The van der Waals surface area contributed by atoms with E-state index >= 15 is 0 Å². The van der Waals surface area contributed by atoms with E-state index in [1.807, 2.05) is 49.4 Å². The first-order valence-electron chi connectivity index (χ1n) is 7.06. The fourth-order valence-corrected chi connectivity index (χ4v) is 2.58. The average Bonchev–Trinajstić information content (AvgIpc) is 2.52. The first-order chi connectivity index (χ1) is 10.6. The number of rotatable bonds is 6. The molecule has 0 aromatic heterocycles. The maximum absolute atomic E-state index is 11.9. The summed E-state index contributed by atoms with van der Waals surface area (Å²) in [6.07, 6.45) is 0. The van der Waals surface area contributed by atoms with Crippen molar-refractivity contribution in [2.75, 3.05) is 6.54 Å². The number of benzene rings is 2. The third kappa shape index (κ3) is 4.73. The third-order valence-electron chi connectivity index (χ3n) is 3.37. The van der Waals surface area contributed by atoms with E-state index in [0.29, 0.717) is 16.6 Å². The van der Waals surface area contributed by atoms with Gasteiger partial charge >= 0.3 is 0 Å². The van der Waals surface area contributed by atoms with Crippen molar-refractivity contribution >= 4 is 29.1 Å². The molecule has 0 saturated heterocycles. The second-order valence-electron chi connectivity index (χ2n) is 4.99. The van der Waals surface area contributed by atoms with E-state index < -0.39 is 0 Å². The van der Waals surface area contributed by atoms with Gasteiger partial charge in [-0.05, 0) is 30.2 Å². The van der Waals surface area contributed by atoms with Crippen LogP contribution in [0.3, 0.4) is 0 Å². The van der Waals surface area contributed by atoms with Gasteiger partial charge in [0.05, 0.1) is 6.54 Å². The second-order valence-corrected chi connectivity index (χ2v) is 5.81. The molecular weight excluding hydrogens is 319 g/mol. The van der Waals surface area contributed by atoms with Crippen LogP contribution in [0.25, 0.3) is 0 Å². The predicted octanol–water partition coefficient (Wildman–Crippen LogP) is 3.96. The molecule has 0 fully saturated rings. The van der Waals surface area contributed by atoms with Crippen molar-refractivity contribution in [2.45, 2.75) is 19.5 Å². The van der Waals surface area contributed by atoms with Crippen LogP contribution in [0, 0.1) is 0 Å². The Labute approximate surface area is 140 Å². The zero-order chi connectivity index (χ0) is 15.9. The van der Waals surface area contributed by atoms with E-state index in [2.05, 4.69) is 10.6 Å². The molecular formula is C17H18Cl2N2O. The summed E-state index contributed by atoms with van der Waals surface area (Å²) in [5, 5.41) is 7.35. The van der Waals surface area contributed by atoms with E-state index in [-0.39, 0.29) is 18.5 Å². The van der Waals surface area contributed by atoms with Gasteiger partial charge in [0.15, 0.2) is 0 Å². The molecule has 0 spiro atoms. The Bertz CT molecular complexity index is 646. The summed E-state index contributed by atoms with van der Waals surface area (Å²) in [4.78, 5) is 11.9. The standard InChI is InChI=1S/C17H18Cl2N2O/c1-12(14-7-3-5-9-16(14)19)20-11-17(22)21-10-13-6-2-4-8-15(13)18/h2-9,12,20H,10-11H2,1H3,(H,21,22)/t12-/m0/s1. The number of carbonyl (C=O) groups is 1. The highest BCUT2D eigenvalue weighted by atomic mass is 35.5. The summed E-state index contributed by atoms with van der Waals surface area (Å²) in [7, 11) is 0. The lowest BCUT2D eigenvalue weighted by Crippen LogP contribution is -2.34. The quantitative estimate of drug-likeness (QED) is 0.838. The van der Waals surface area contributed by atoms with E-state index in [9.17, 15) is 4.79 Å². The number of hydrogen-bond donors (Lipinski definition) is 2. The second kappa shape index (κ2) is 8.18. The molecule has 0 radical (unpaired) electrons. The molecule has 0 unspecified atom stereocenters. The highest BCUT2D eigenvalue weighted by Gasteiger charge is 2.10. The SMILES string of the molecule is C[C@H](NCC(=O)NCc1ccccc1Cl)c1ccccc1Cl. The van der Waals surface area contributed by atoms with Crippen molar-refractivity contribution < 1.29 is 4.79 Å². The highest BCUT2D eigenvalue weighted by molar-refractivity contribution is 6.31. The third-order valence-corrected chi connectivity index (χ3v) is 4.09. The summed E-state index contributed by atoms with van der Waals surface area (Å²) in [6.45, 7) is 2.61. The van der Waals surface area contributed by atoms with Crippen LogP contribution in [0.15, 0.2) is 48.5 Å². The van der Waals surface area contributed by atoms with Crippen molar-refractivity contribution in [1.29, 1.82) is 0 Å². The minimum absolute atomic E-state index is 0.000219. The lowest BCUT2D eigenvalue weighted by Gasteiger charge is -2.15. The molecule has 116 valence electrons. The van der Waals surface area contributed by atoms with Gasteiger partial charge in [0.25, 0.3) is 0 Å². The molecule has 0 aliphatic carbocycles. The van der Waals surface area contributed by atoms with Gasteiger partial charge in [0.1, 0.15) is 0 Å². The number of halogens is 2. The van der Waals surface area contributed by atoms with Crippen LogP contribution < -0.4 is 10.6 Å². The van der Waals surface area contributed by atoms with Gasteiger partial charge in [-0.25, -0.2) is 0 Å². The minimum atomic E-state index is -0.0844. The van der Waals surface area contributed by atoms with Crippen LogP contribution in [0.2, 0.25) is 10.0 Å². The summed E-state index contributed by atoms with van der Waals surface area (Å²) in [6, 6.07) is 15.1. The number of nitrogens with one attached hydrogen (secondary N) is 2. The minimum Gasteiger partial charge on any atom is -0.351 e. The van der Waals surface area contributed by atoms with Gasteiger partial charge in [-0.3, -0.25) is 4.79 Å². The van der Waals surface area contributed by atoms with Crippen LogP contribution in [0.4, 0.5) is 0 Å². The highest BCUT2D eigenvalue weighted by Crippen LogP contribution is 2.21. The molecule has 0 saturated carbocycles. The summed E-state index contributed by atoms with van der Waals surface area (Å²) < 4.78 is 0. The number of carbonyl (C=O) groups excluding carboxylic acids is 1. The first kappa shape index (κ1) is 16.8. The molecule has 0 bridgehead atoms. The van der Waals surface area contributed by atoms with Crippen LogP contribution in [-0.4, -0.2) is 12.5 Å². The molecule has 5 heteroatoms. The normalized spacial score (nSPS) is 12.0. The van der Waals surface area contributed by atoms with Gasteiger partial charge < -0.3 is 10.6 Å². The first-order valence-corrected chi connectivity index (χ1v) is 7.81. The predicted molar refractivity (Wildman–Crippen MR) is 91.2 cm³/mol. The van der Waals surface area contributed by atoms with Crippen molar-refractivity contribution in [3.8, 4) is 0 Å². The Balaban J connectivity index is 1.81. The Morgan fingerprint density at radius 1 is 1.05 bits per heavy atom. The maximum Gasteiger partial charge on any atom is 0.234 e. The molecule has 2 aromatic carbocycles. The van der Waals surface area contributed by atoms with E-state index in [1.54, 1.807) is 6.07 Å². The van der Waals surface area contributed by atoms with Gasteiger partial charge in [-0.15, -0.1) is 0 Å². The molecule has 0 aliphatic rings. The fourth-order valence-electron chi connectivity index (χ4n) is 2.08. The largest absolute Gasteiger partial charge is 0.351 e. The van der Waals surface area contributed by atoms with Crippen LogP contribution in [0.5, 0.6) is 0 Å². The topological polar surface area (TPSA) is 41.1 Å². The lowest BCUT2D eigenvalue weighted by atomic mass is 10.1. The van der Waals surface area contributed by atoms with Crippen LogP contribution >= 0.6 is 23.2 Å². The van der Waals surface area contributed by atoms with Crippen molar-refractivity contribution in [1.82, 2.24) is 10.6 Å². The summed E-state index contributed by atoms with van der Waals surface area (Å²) >= 11 is 12.2. The molecule has 2 N–H and O–H groups in total. The smallest absolute Gasteiger partial charge is 0.234 e. The Kier molecular flexibility index (Phi) is 6.25. The zero-order valence-electron chi connectivity index (χ0n) is 12.3. The molecule has 1 amide bonds. The zero-order valence-corrected chi connectivity index (χ0v) is 13.8. The lowest BCUT2D eigenvalue weighted by molar-refractivity contribution is -0.120. The number of amides is 1. The maximum atomic E-state index is 11.9. The summed E-state index contributed by atoms with van der Waals surface area (Å²) in [5.74, 6) is -0.0844. The van der Waals surface area contributed by atoms with Crippen molar-refractivity contribution in [3.05, 3.63) is 69.7 Å². The Morgan fingerprint density at radius 3 is 2.36 bits per heavy atom. The van der Waals surface area contributed by atoms with Gasteiger partial charge in [0.2, 0.25) is 5.91 Å². The summed E-state index contributed by atoms with van der Waals surface area (Å²) in [5.41, 5.74) is 1.87. The number of hydrogen-bond acceptors (Lipinski definition) is 2. The van der Waals surface area contributed by atoms with Crippen LogP contribution in [0.1, 0.15) is 24.1 Å². The Hall–Kier alpha value is -1.55. The molecule has 3 nitrogen and oxygen atoms in total. The molecule has 1 atom stereocenters. The average molecular weight is 337 g/mol. The molecule has 2 rings (SSSR count). The Morgan fingerprint density at radius 2 is 1.68 bits per heavy atom. The van der Waals surface area contributed by atoms with E-state index in [0.717, 1.165) is 11.1 Å². The molecule has 2 aromatic rings. The van der Waals surface area contributed by atoms with Crippen LogP contribution in [-0.2, 0) is 11.3 Å². The van der Waals surface area contributed by atoms with E-state index in [1.165, 1.54) is 0 Å². The monoisotopic (exact) mass is 336 g/mol. The van der Waals surface area contributed by atoms with Crippen molar-refractivity contribution in [2.24, 2.45) is 0 Å². The fraction of sp³-hybridized carbons (Fsp3) is 0.235. The van der Waals surface area contributed by atoms with Crippen molar-refractivity contribution in [3.63, 3.8) is 0 Å². The molecule has 0 aliphatic heterocycles. The van der Waals surface area contributed by atoms with Gasteiger partial charge in [-0.2, -0.15) is 0 Å². The van der Waals surface area contributed by atoms with E-state index in [4.69, 9.17) is 23.2 Å². The van der Waals surface area contributed by atoms with Gasteiger partial charge in [-0.1, -0.05) is 59.6 Å². The molecule has 22 heavy (non-hydrogen) atoms.